The summed E-state index contributed by atoms with van der Waals surface area (Å²) in [4.78, 5) is 45.5. The molecule has 0 fully saturated rings. The van der Waals surface area contributed by atoms with Gasteiger partial charge in [-0.15, -0.1) is 0 Å². The first-order valence-corrected chi connectivity index (χ1v) is 10.6. The second-order valence-electron chi connectivity index (χ2n) is 8.01. The van der Waals surface area contributed by atoms with Crippen LogP contribution >= 0.6 is 0 Å². The summed E-state index contributed by atoms with van der Waals surface area (Å²) < 4.78 is 10.6. The Bertz CT molecular complexity index is 566. The van der Waals surface area contributed by atoms with E-state index >= 15 is 0 Å². The molecule has 0 aliphatic heterocycles. The molecule has 0 saturated carbocycles. The minimum atomic E-state index is -0.324. The zero-order valence-electron chi connectivity index (χ0n) is 18.9. The van der Waals surface area contributed by atoms with Crippen molar-refractivity contribution < 1.29 is 28.7 Å². The lowest BCUT2D eigenvalue weighted by Gasteiger charge is -2.23. The average molecular weight is 411 g/mol. The molecule has 6 nitrogen and oxygen atoms in total. The second-order valence-corrected chi connectivity index (χ2v) is 8.01. The van der Waals surface area contributed by atoms with E-state index in [0.29, 0.717) is 32.1 Å². The Labute approximate surface area is 175 Å². The summed E-state index contributed by atoms with van der Waals surface area (Å²) in [7, 11) is 0. The zero-order chi connectivity index (χ0) is 22.4. The number of Topliss-reactive ketones (excluding diaryl/α,β-unsaturated/α-hetero) is 1. The van der Waals surface area contributed by atoms with Gasteiger partial charge in [0.15, 0.2) is 5.78 Å². The van der Waals surface area contributed by atoms with E-state index in [1.54, 1.807) is 13.0 Å². The lowest BCUT2D eigenvalue weighted by molar-refractivity contribution is -0.150. The summed E-state index contributed by atoms with van der Waals surface area (Å²) >= 11 is 0. The molecule has 0 aliphatic carbocycles. The molecule has 166 valence electrons. The first-order valence-electron chi connectivity index (χ1n) is 10.6. The predicted octanol–water partition coefficient (Wildman–Crippen LogP) is 4.59. The number of ether oxygens (including phenoxy) is 2. The molecule has 0 rings (SSSR count). The van der Waals surface area contributed by atoms with Gasteiger partial charge in [0.05, 0.1) is 0 Å². The second kappa shape index (κ2) is 14.9. The third-order valence-corrected chi connectivity index (χ3v) is 5.02. The van der Waals surface area contributed by atoms with Crippen LogP contribution < -0.4 is 0 Å². The standard InChI is InChI=1S/C23H38O6/c1-16(19(4)28-20(5)25)10-8-13-22(27)14-9-15-23(29-21(6)26)17(2)11-7-12-18(3)24/h8,13,16-17,19,23H,7,9-12,14-15H2,1-6H3. The summed E-state index contributed by atoms with van der Waals surface area (Å²) in [6, 6.07) is 0. The maximum atomic E-state index is 12.1. The lowest BCUT2D eigenvalue weighted by atomic mass is 9.93. The van der Waals surface area contributed by atoms with Crippen molar-refractivity contribution in [2.24, 2.45) is 11.8 Å². The Hall–Kier alpha value is -1.98. The first kappa shape index (κ1) is 27.0. The van der Waals surface area contributed by atoms with Crippen LogP contribution in [-0.4, -0.2) is 35.7 Å². The van der Waals surface area contributed by atoms with Crippen molar-refractivity contribution in [3.05, 3.63) is 12.2 Å². The Kier molecular flexibility index (Phi) is 13.9. The number of allylic oxidation sites excluding steroid dienone is 2. The molecular weight excluding hydrogens is 372 g/mol. The number of hydrogen-bond donors (Lipinski definition) is 0. The number of carbonyl (C=O) groups excluding carboxylic acids is 4. The molecule has 0 spiro atoms. The normalized spacial score (nSPS) is 15.4. The topological polar surface area (TPSA) is 86.7 Å². The van der Waals surface area contributed by atoms with E-state index in [-0.39, 0.29) is 47.5 Å². The third kappa shape index (κ3) is 14.6. The van der Waals surface area contributed by atoms with Gasteiger partial charge in [0, 0.05) is 26.7 Å². The minimum Gasteiger partial charge on any atom is -0.463 e. The molecule has 0 radical (unpaired) electrons. The van der Waals surface area contributed by atoms with Gasteiger partial charge in [-0.3, -0.25) is 14.4 Å². The van der Waals surface area contributed by atoms with E-state index in [1.807, 2.05) is 26.8 Å². The average Bonchev–Trinajstić information content (AvgIpc) is 2.59. The largest absolute Gasteiger partial charge is 0.463 e. The van der Waals surface area contributed by atoms with Crippen LogP contribution in [0.25, 0.3) is 0 Å². The number of esters is 2. The third-order valence-electron chi connectivity index (χ3n) is 5.02. The lowest BCUT2D eigenvalue weighted by Crippen LogP contribution is -2.24. The molecule has 0 aromatic carbocycles. The fourth-order valence-electron chi connectivity index (χ4n) is 3.08. The van der Waals surface area contributed by atoms with Gasteiger partial charge in [-0.2, -0.15) is 0 Å². The van der Waals surface area contributed by atoms with Crippen molar-refractivity contribution in [1.82, 2.24) is 0 Å². The number of rotatable bonds is 15. The molecule has 0 heterocycles. The summed E-state index contributed by atoms with van der Waals surface area (Å²) in [5, 5.41) is 0. The molecule has 29 heavy (non-hydrogen) atoms. The molecule has 4 unspecified atom stereocenters. The van der Waals surface area contributed by atoms with Gasteiger partial charge >= 0.3 is 11.9 Å². The monoisotopic (exact) mass is 410 g/mol. The van der Waals surface area contributed by atoms with Gasteiger partial charge < -0.3 is 14.3 Å². The quantitative estimate of drug-likeness (QED) is 0.290. The van der Waals surface area contributed by atoms with Crippen LogP contribution in [0.3, 0.4) is 0 Å². The van der Waals surface area contributed by atoms with Gasteiger partial charge in [0.2, 0.25) is 0 Å². The van der Waals surface area contributed by atoms with Crippen molar-refractivity contribution in [1.29, 1.82) is 0 Å². The van der Waals surface area contributed by atoms with Gasteiger partial charge in [-0.05, 0) is 63.9 Å². The van der Waals surface area contributed by atoms with Crippen LogP contribution in [0.5, 0.6) is 0 Å². The number of hydrogen-bond acceptors (Lipinski definition) is 6. The molecule has 0 aromatic rings. The van der Waals surface area contributed by atoms with E-state index in [0.717, 1.165) is 12.8 Å². The van der Waals surface area contributed by atoms with E-state index in [1.165, 1.54) is 13.8 Å². The van der Waals surface area contributed by atoms with E-state index in [4.69, 9.17) is 9.47 Å². The van der Waals surface area contributed by atoms with Gasteiger partial charge in [-0.1, -0.05) is 19.9 Å². The Morgan fingerprint density at radius 3 is 1.93 bits per heavy atom. The highest BCUT2D eigenvalue weighted by Crippen LogP contribution is 2.21. The Balaban J connectivity index is 4.36. The summed E-state index contributed by atoms with van der Waals surface area (Å²) in [5.74, 6) is -0.157. The number of ketones is 2. The highest BCUT2D eigenvalue weighted by atomic mass is 16.5. The van der Waals surface area contributed by atoms with E-state index < -0.39 is 0 Å². The van der Waals surface area contributed by atoms with Crippen molar-refractivity contribution in [2.45, 2.75) is 98.7 Å². The SMILES string of the molecule is CC(=O)CCCC(C)C(CCCC(=O)C=CCC(C)C(C)OC(C)=O)OC(C)=O. The summed E-state index contributed by atoms with van der Waals surface area (Å²) in [6.45, 7) is 10.2. The molecule has 0 N–H and O–H groups in total. The van der Waals surface area contributed by atoms with E-state index in [9.17, 15) is 19.2 Å². The fourth-order valence-corrected chi connectivity index (χ4v) is 3.08. The fraction of sp³-hybridized carbons (Fsp3) is 0.739. The maximum absolute atomic E-state index is 12.1. The number of carbonyl (C=O) groups is 4. The highest BCUT2D eigenvalue weighted by Gasteiger charge is 2.20. The van der Waals surface area contributed by atoms with Crippen LogP contribution in [0.15, 0.2) is 12.2 Å². The van der Waals surface area contributed by atoms with Crippen molar-refractivity contribution in [3.8, 4) is 0 Å². The Morgan fingerprint density at radius 2 is 1.38 bits per heavy atom. The van der Waals surface area contributed by atoms with Crippen LogP contribution in [0.4, 0.5) is 0 Å². The molecular formula is C23H38O6. The smallest absolute Gasteiger partial charge is 0.302 e. The Morgan fingerprint density at radius 1 is 0.793 bits per heavy atom. The van der Waals surface area contributed by atoms with Gasteiger partial charge in [0.1, 0.15) is 18.0 Å². The molecule has 0 aromatic heterocycles. The molecule has 0 saturated heterocycles. The van der Waals surface area contributed by atoms with Crippen LogP contribution in [0.1, 0.15) is 86.5 Å². The molecule has 0 bridgehead atoms. The molecule has 6 heteroatoms. The summed E-state index contributed by atoms with van der Waals surface area (Å²) in [6.07, 6.45) is 7.40. The highest BCUT2D eigenvalue weighted by molar-refractivity contribution is 5.89. The zero-order valence-corrected chi connectivity index (χ0v) is 18.9. The van der Waals surface area contributed by atoms with Crippen LogP contribution in [0, 0.1) is 11.8 Å². The van der Waals surface area contributed by atoms with E-state index in [2.05, 4.69) is 0 Å². The van der Waals surface area contributed by atoms with Gasteiger partial charge in [-0.25, -0.2) is 0 Å². The predicted molar refractivity (Wildman–Crippen MR) is 112 cm³/mol. The maximum Gasteiger partial charge on any atom is 0.302 e. The minimum absolute atomic E-state index is 0.0307. The summed E-state index contributed by atoms with van der Waals surface area (Å²) in [5.41, 5.74) is 0. The van der Waals surface area contributed by atoms with Gasteiger partial charge in [0.25, 0.3) is 0 Å². The first-order chi connectivity index (χ1) is 13.5. The molecule has 0 aliphatic rings. The van der Waals surface area contributed by atoms with Crippen molar-refractivity contribution in [2.75, 3.05) is 0 Å². The van der Waals surface area contributed by atoms with Crippen molar-refractivity contribution in [3.63, 3.8) is 0 Å². The van der Waals surface area contributed by atoms with Crippen molar-refractivity contribution >= 4 is 23.5 Å². The molecule has 0 amide bonds. The van der Waals surface area contributed by atoms with Crippen LogP contribution in [-0.2, 0) is 28.7 Å². The van der Waals surface area contributed by atoms with Crippen LogP contribution in [0.2, 0.25) is 0 Å². The molecule has 4 atom stereocenters.